The number of hydrogen-bond donors (Lipinski definition) is 0. The Morgan fingerprint density at radius 2 is 1.82 bits per heavy atom. The van der Waals surface area contributed by atoms with Crippen LogP contribution in [0.1, 0.15) is 66.2 Å². The lowest BCUT2D eigenvalue weighted by Crippen LogP contribution is -2.24. The number of hydrogen-bond acceptors (Lipinski definition) is 3. The average Bonchev–Trinajstić information content (AvgIpc) is 2.70. The van der Waals surface area contributed by atoms with Crippen molar-refractivity contribution in [2.45, 2.75) is 79.3 Å². The van der Waals surface area contributed by atoms with Crippen molar-refractivity contribution in [1.82, 2.24) is 0 Å². The molecule has 0 aromatic rings. The molecule has 1 aliphatic carbocycles. The molecule has 0 radical (unpaired) electrons. The average molecular weight is 343 g/mol. The standard InChI is InChI=1S/C18H34O2SSi/c1-7-8-9-10-11-12-21-17-15(19)13-14(18(2,3)4)16(17)20-22(5)6/h14,22H,7-13H2,1-6H3. The maximum absolute atomic E-state index is 12.4. The van der Waals surface area contributed by atoms with Crippen LogP contribution in [0.15, 0.2) is 10.7 Å². The number of Topliss-reactive ketones (excluding diaryl/α,β-unsaturated/α-hetero) is 1. The van der Waals surface area contributed by atoms with E-state index in [1.807, 2.05) is 0 Å². The Morgan fingerprint density at radius 3 is 2.36 bits per heavy atom. The first-order valence-corrected chi connectivity index (χ1v) is 12.6. The molecule has 0 bridgehead atoms. The van der Waals surface area contributed by atoms with Gasteiger partial charge in [-0.2, -0.15) is 0 Å². The van der Waals surface area contributed by atoms with Crippen LogP contribution in [0.25, 0.3) is 0 Å². The number of allylic oxidation sites excluding steroid dienone is 2. The predicted octanol–water partition coefficient (Wildman–Crippen LogP) is 5.54. The lowest BCUT2D eigenvalue weighted by atomic mass is 9.79. The molecule has 1 unspecified atom stereocenters. The van der Waals surface area contributed by atoms with Crippen LogP contribution >= 0.6 is 11.8 Å². The highest BCUT2D eigenvalue weighted by atomic mass is 32.2. The van der Waals surface area contributed by atoms with E-state index in [2.05, 4.69) is 40.8 Å². The molecule has 1 rings (SSSR count). The molecule has 0 aliphatic heterocycles. The maximum Gasteiger partial charge on any atom is 0.229 e. The molecule has 1 atom stereocenters. The first-order valence-electron chi connectivity index (χ1n) is 8.84. The van der Waals surface area contributed by atoms with E-state index >= 15 is 0 Å². The van der Waals surface area contributed by atoms with Crippen LogP contribution < -0.4 is 0 Å². The topological polar surface area (TPSA) is 26.3 Å². The number of ketones is 1. The van der Waals surface area contributed by atoms with Crippen molar-refractivity contribution in [3.8, 4) is 0 Å². The third-order valence-corrected chi connectivity index (χ3v) is 6.02. The summed E-state index contributed by atoms with van der Waals surface area (Å²) in [4.78, 5) is 13.4. The first kappa shape index (κ1) is 19.8. The van der Waals surface area contributed by atoms with Gasteiger partial charge in [0.05, 0.1) is 4.91 Å². The van der Waals surface area contributed by atoms with Crippen LogP contribution in [-0.4, -0.2) is 20.6 Å². The van der Waals surface area contributed by atoms with Crippen LogP contribution in [0.2, 0.25) is 13.1 Å². The van der Waals surface area contributed by atoms with Crippen molar-refractivity contribution in [1.29, 1.82) is 0 Å². The Labute approximate surface area is 143 Å². The molecular formula is C18H34O2SSi. The van der Waals surface area contributed by atoms with Crippen molar-refractivity contribution in [2.24, 2.45) is 11.3 Å². The monoisotopic (exact) mass is 342 g/mol. The smallest absolute Gasteiger partial charge is 0.229 e. The highest BCUT2D eigenvalue weighted by molar-refractivity contribution is 8.04. The minimum absolute atomic E-state index is 0.0950. The minimum atomic E-state index is -1.18. The molecule has 2 nitrogen and oxygen atoms in total. The third-order valence-electron chi connectivity index (χ3n) is 4.09. The zero-order valence-corrected chi connectivity index (χ0v) is 17.3. The Morgan fingerprint density at radius 1 is 1.18 bits per heavy atom. The van der Waals surface area contributed by atoms with E-state index in [4.69, 9.17) is 4.43 Å². The van der Waals surface area contributed by atoms with Crippen LogP contribution in [0, 0.1) is 11.3 Å². The molecule has 0 fully saturated rings. The van der Waals surface area contributed by atoms with E-state index in [1.165, 1.54) is 32.1 Å². The van der Waals surface area contributed by atoms with Gasteiger partial charge in [0.25, 0.3) is 0 Å². The van der Waals surface area contributed by atoms with Gasteiger partial charge in [-0.15, -0.1) is 11.8 Å². The molecule has 1 aliphatic rings. The van der Waals surface area contributed by atoms with Gasteiger partial charge in [0.2, 0.25) is 9.04 Å². The molecule has 0 heterocycles. The lowest BCUT2D eigenvalue weighted by molar-refractivity contribution is -0.115. The van der Waals surface area contributed by atoms with Crippen molar-refractivity contribution < 1.29 is 9.22 Å². The van der Waals surface area contributed by atoms with Crippen molar-refractivity contribution in [2.75, 3.05) is 5.75 Å². The van der Waals surface area contributed by atoms with Gasteiger partial charge in [-0.25, -0.2) is 0 Å². The van der Waals surface area contributed by atoms with E-state index in [0.29, 0.717) is 12.2 Å². The largest absolute Gasteiger partial charge is 0.549 e. The predicted molar refractivity (Wildman–Crippen MR) is 101 cm³/mol. The number of unbranched alkanes of at least 4 members (excludes halogenated alkanes) is 4. The molecule has 0 spiro atoms. The summed E-state index contributed by atoms with van der Waals surface area (Å²) in [5.74, 6) is 2.65. The van der Waals surface area contributed by atoms with Gasteiger partial charge in [-0.05, 0) is 30.7 Å². The molecule has 22 heavy (non-hydrogen) atoms. The molecule has 0 saturated heterocycles. The summed E-state index contributed by atoms with van der Waals surface area (Å²) in [7, 11) is -1.18. The van der Waals surface area contributed by atoms with Crippen molar-refractivity contribution in [3.05, 3.63) is 10.7 Å². The van der Waals surface area contributed by atoms with Crippen LogP contribution in [0.4, 0.5) is 0 Å². The van der Waals surface area contributed by atoms with Gasteiger partial charge >= 0.3 is 0 Å². The maximum atomic E-state index is 12.4. The van der Waals surface area contributed by atoms with Crippen LogP contribution in [-0.2, 0) is 9.22 Å². The minimum Gasteiger partial charge on any atom is -0.549 e. The normalized spacial score (nSPS) is 19.4. The zero-order chi connectivity index (χ0) is 16.8. The molecule has 0 saturated carbocycles. The van der Waals surface area contributed by atoms with E-state index in [1.54, 1.807) is 11.8 Å². The first-order chi connectivity index (χ1) is 10.3. The summed E-state index contributed by atoms with van der Waals surface area (Å²) in [5, 5.41) is 0. The fourth-order valence-corrected chi connectivity index (χ4v) is 4.79. The summed E-state index contributed by atoms with van der Waals surface area (Å²) in [6, 6.07) is 0. The Balaban J connectivity index is 2.69. The third kappa shape index (κ3) is 6.11. The SMILES string of the molecule is CCCCCCCSC1=C(O[SiH](C)C)C(C(C)(C)C)CC1=O. The summed E-state index contributed by atoms with van der Waals surface area (Å²) < 4.78 is 6.21. The van der Waals surface area contributed by atoms with Crippen molar-refractivity contribution >= 4 is 26.6 Å². The molecule has 128 valence electrons. The summed E-state index contributed by atoms with van der Waals surface area (Å²) in [6.07, 6.45) is 7.04. The molecule has 0 amide bonds. The van der Waals surface area contributed by atoms with Crippen LogP contribution in [0.5, 0.6) is 0 Å². The van der Waals surface area contributed by atoms with Gasteiger partial charge in [-0.1, -0.05) is 53.4 Å². The fraction of sp³-hybridized carbons (Fsp3) is 0.833. The second-order valence-corrected chi connectivity index (χ2v) is 11.1. The van der Waals surface area contributed by atoms with E-state index in [-0.39, 0.29) is 11.3 Å². The lowest BCUT2D eigenvalue weighted by Gasteiger charge is -2.30. The Hall–Kier alpha value is -0.223. The van der Waals surface area contributed by atoms with E-state index in [0.717, 1.165) is 16.4 Å². The van der Waals surface area contributed by atoms with Gasteiger partial charge in [0.1, 0.15) is 5.76 Å². The van der Waals surface area contributed by atoms with Crippen LogP contribution in [0.3, 0.4) is 0 Å². The number of carbonyl (C=O) groups excluding carboxylic acids is 1. The molecular weight excluding hydrogens is 308 g/mol. The molecule has 4 heteroatoms. The molecule has 0 aromatic heterocycles. The van der Waals surface area contributed by atoms with Gasteiger partial charge in [-0.3, -0.25) is 4.79 Å². The van der Waals surface area contributed by atoms with E-state index in [9.17, 15) is 4.79 Å². The summed E-state index contributed by atoms with van der Waals surface area (Å²) in [6.45, 7) is 13.3. The Kier molecular flexibility index (Phi) is 8.26. The van der Waals surface area contributed by atoms with Gasteiger partial charge in [0, 0.05) is 12.3 Å². The number of rotatable bonds is 9. The summed E-state index contributed by atoms with van der Waals surface area (Å²) >= 11 is 1.75. The fourth-order valence-electron chi connectivity index (χ4n) is 2.79. The quantitative estimate of drug-likeness (QED) is 0.407. The van der Waals surface area contributed by atoms with Gasteiger partial charge < -0.3 is 4.43 Å². The second-order valence-electron chi connectivity index (χ2n) is 7.67. The van der Waals surface area contributed by atoms with E-state index < -0.39 is 9.04 Å². The number of thioether (sulfide) groups is 1. The summed E-state index contributed by atoms with van der Waals surface area (Å²) in [5.41, 5.74) is 0.0950. The van der Waals surface area contributed by atoms with Crippen molar-refractivity contribution in [3.63, 3.8) is 0 Å². The Bertz CT molecular complexity index is 396. The number of carbonyl (C=O) groups is 1. The second kappa shape index (κ2) is 9.17. The van der Waals surface area contributed by atoms with Gasteiger partial charge in [0.15, 0.2) is 5.78 Å². The zero-order valence-electron chi connectivity index (χ0n) is 15.3. The molecule has 0 N–H and O–H groups in total. The highest BCUT2D eigenvalue weighted by Gasteiger charge is 2.40. The molecule has 0 aromatic carbocycles. The highest BCUT2D eigenvalue weighted by Crippen LogP contribution is 2.45.